The molecule has 3 aromatic heterocycles. The van der Waals surface area contributed by atoms with E-state index in [-0.39, 0.29) is 12.1 Å². The van der Waals surface area contributed by atoms with Gasteiger partial charge in [-0.3, -0.25) is 9.55 Å². The van der Waals surface area contributed by atoms with E-state index in [2.05, 4.69) is 81.6 Å². The summed E-state index contributed by atoms with van der Waals surface area (Å²) in [6.07, 6.45) is 9.02. The molecular weight excluding hydrogens is 510 g/mol. The Kier molecular flexibility index (Phi) is 6.06. The Morgan fingerprint density at radius 2 is 1.74 bits per heavy atom. The molecule has 2 aromatic carbocycles. The van der Waals surface area contributed by atoms with Gasteiger partial charge in [0.15, 0.2) is 10.2 Å². The molecule has 0 bridgehead atoms. The molecule has 8 heteroatoms. The molecule has 2 fully saturated rings. The lowest BCUT2D eigenvalue weighted by atomic mass is 10.0. The van der Waals surface area contributed by atoms with Crippen LogP contribution in [-0.4, -0.2) is 25.8 Å². The van der Waals surface area contributed by atoms with Crippen LogP contribution in [0.4, 0.5) is 5.69 Å². The van der Waals surface area contributed by atoms with Gasteiger partial charge in [0.25, 0.3) is 0 Å². The lowest BCUT2D eigenvalue weighted by Gasteiger charge is -2.28. The number of fused-ring (bicyclic) bond motifs is 1. The van der Waals surface area contributed by atoms with Crippen molar-refractivity contribution in [2.24, 2.45) is 0 Å². The number of para-hydroxylation sites is 1. The van der Waals surface area contributed by atoms with Crippen LogP contribution in [0.2, 0.25) is 0 Å². The molecule has 4 heterocycles. The second-order valence-electron chi connectivity index (χ2n) is 9.78. The summed E-state index contributed by atoms with van der Waals surface area (Å²) in [4.78, 5) is 11.8. The van der Waals surface area contributed by atoms with Crippen molar-refractivity contribution >= 4 is 44.6 Å². The SMILES string of the molecule is S=C1N[C@H](c2ccccn2)[C@@H](c2cccn2-c2nc3ccccc3s2)N1c1ccc(OC2CCCC2)cc1. The fraction of sp³-hybridized carbons (Fsp3) is 0.233. The summed E-state index contributed by atoms with van der Waals surface area (Å²) in [5.41, 5.74) is 4.06. The number of thiazole rings is 1. The largest absolute Gasteiger partial charge is 0.490 e. The number of ether oxygens (including phenoxy) is 1. The van der Waals surface area contributed by atoms with E-state index < -0.39 is 0 Å². The third kappa shape index (κ3) is 4.23. The average Bonchev–Trinajstić information content (AvgIpc) is 3.75. The van der Waals surface area contributed by atoms with Gasteiger partial charge in [0.1, 0.15) is 11.8 Å². The molecule has 7 rings (SSSR count). The van der Waals surface area contributed by atoms with Gasteiger partial charge >= 0.3 is 0 Å². The van der Waals surface area contributed by atoms with E-state index in [9.17, 15) is 0 Å². The molecule has 1 saturated heterocycles. The molecule has 1 saturated carbocycles. The molecule has 1 N–H and O–H groups in total. The highest BCUT2D eigenvalue weighted by molar-refractivity contribution is 7.80. The first-order chi connectivity index (χ1) is 18.7. The molecule has 0 radical (unpaired) electrons. The summed E-state index contributed by atoms with van der Waals surface area (Å²) >= 11 is 7.63. The summed E-state index contributed by atoms with van der Waals surface area (Å²) in [6, 6.07) is 26.6. The Morgan fingerprint density at radius 3 is 2.53 bits per heavy atom. The minimum atomic E-state index is -0.124. The van der Waals surface area contributed by atoms with Gasteiger partial charge in [-0.1, -0.05) is 29.5 Å². The Bertz CT molecular complexity index is 1540. The molecule has 0 amide bonds. The van der Waals surface area contributed by atoms with Crippen molar-refractivity contribution in [3.63, 3.8) is 0 Å². The van der Waals surface area contributed by atoms with Crippen molar-refractivity contribution in [2.45, 2.75) is 43.9 Å². The van der Waals surface area contributed by atoms with Crippen molar-refractivity contribution in [2.75, 3.05) is 4.90 Å². The van der Waals surface area contributed by atoms with Crippen LogP contribution in [0.1, 0.15) is 49.2 Å². The molecule has 5 aromatic rings. The summed E-state index contributed by atoms with van der Waals surface area (Å²) in [6.45, 7) is 0. The molecule has 0 unspecified atom stereocenters. The number of rotatable bonds is 6. The third-order valence-corrected chi connectivity index (χ3v) is 8.74. The van der Waals surface area contributed by atoms with Crippen molar-refractivity contribution < 1.29 is 4.74 Å². The van der Waals surface area contributed by atoms with Crippen molar-refractivity contribution in [1.82, 2.24) is 19.9 Å². The third-order valence-electron chi connectivity index (χ3n) is 7.39. The maximum absolute atomic E-state index is 6.23. The molecular formula is C30H27N5OS2. The normalized spacial score (nSPS) is 19.8. The van der Waals surface area contributed by atoms with E-state index in [0.29, 0.717) is 11.2 Å². The number of pyridine rings is 1. The topological polar surface area (TPSA) is 55.2 Å². The Balaban J connectivity index is 1.29. The number of hydrogen-bond acceptors (Lipinski definition) is 5. The number of thiocarbonyl (C=S) groups is 1. The van der Waals surface area contributed by atoms with Gasteiger partial charge < -0.3 is 15.0 Å². The molecule has 1 aliphatic heterocycles. The second-order valence-corrected chi connectivity index (χ2v) is 11.2. The smallest absolute Gasteiger partial charge is 0.194 e. The van der Waals surface area contributed by atoms with Gasteiger partial charge in [-0.15, -0.1) is 0 Å². The first kappa shape index (κ1) is 23.4. The number of benzene rings is 2. The van der Waals surface area contributed by atoms with Crippen LogP contribution in [0.15, 0.2) is 91.3 Å². The van der Waals surface area contributed by atoms with E-state index in [1.54, 1.807) is 11.3 Å². The predicted molar refractivity (Wildman–Crippen MR) is 156 cm³/mol. The first-order valence-corrected chi connectivity index (χ1v) is 14.3. The summed E-state index contributed by atoms with van der Waals surface area (Å²) in [5.74, 6) is 0.911. The van der Waals surface area contributed by atoms with Gasteiger partial charge in [0.05, 0.1) is 33.8 Å². The van der Waals surface area contributed by atoms with Crippen molar-refractivity contribution in [1.29, 1.82) is 0 Å². The van der Waals surface area contributed by atoms with Gasteiger partial charge in [-0.05, 0) is 98.6 Å². The van der Waals surface area contributed by atoms with E-state index in [1.807, 2.05) is 24.4 Å². The number of nitrogens with zero attached hydrogens (tertiary/aromatic N) is 4. The fourth-order valence-corrected chi connectivity index (χ4v) is 6.91. The summed E-state index contributed by atoms with van der Waals surface area (Å²) in [7, 11) is 0. The standard InChI is InChI=1S/C30H27N5OS2/c37-29-33-27(24-11-5-6-18-31-24)28(35(29)20-14-16-22(17-15-20)36-21-8-1-2-9-21)25-12-7-19-34(25)30-32-23-10-3-4-13-26(23)38-30/h3-7,10-19,21,27-28H,1-2,8-9H2,(H,33,37)/t27-,28-/m1/s1. The maximum Gasteiger partial charge on any atom is 0.194 e. The molecule has 1 aliphatic carbocycles. The Hall–Kier alpha value is -3.75. The van der Waals surface area contributed by atoms with E-state index >= 15 is 0 Å². The number of hydrogen-bond donors (Lipinski definition) is 1. The monoisotopic (exact) mass is 537 g/mol. The van der Waals surface area contributed by atoms with Crippen LogP contribution >= 0.6 is 23.6 Å². The quantitative estimate of drug-likeness (QED) is 0.236. The van der Waals surface area contributed by atoms with Crippen LogP contribution in [0.5, 0.6) is 5.75 Å². The van der Waals surface area contributed by atoms with E-state index in [4.69, 9.17) is 26.9 Å². The van der Waals surface area contributed by atoms with Crippen LogP contribution in [-0.2, 0) is 0 Å². The zero-order chi connectivity index (χ0) is 25.5. The summed E-state index contributed by atoms with van der Waals surface area (Å²) < 4.78 is 9.58. The highest BCUT2D eigenvalue weighted by Crippen LogP contribution is 2.43. The van der Waals surface area contributed by atoms with Gasteiger partial charge in [0.2, 0.25) is 0 Å². The number of anilines is 1. The van der Waals surface area contributed by atoms with Crippen LogP contribution in [0.3, 0.4) is 0 Å². The van der Waals surface area contributed by atoms with Crippen LogP contribution in [0.25, 0.3) is 15.3 Å². The van der Waals surface area contributed by atoms with Crippen molar-refractivity contribution in [3.05, 3.63) is 103 Å². The minimum absolute atomic E-state index is 0.124. The van der Waals surface area contributed by atoms with Crippen LogP contribution < -0.4 is 15.0 Å². The van der Waals surface area contributed by atoms with Crippen molar-refractivity contribution in [3.8, 4) is 10.9 Å². The average molecular weight is 538 g/mol. The zero-order valence-corrected chi connectivity index (χ0v) is 22.4. The second kappa shape index (κ2) is 9.85. The lowest BCUT2D eigenvalue weighted by molar-refractivity contribution is 0.210. The predicted octanol–water partition coefficient (Wildman–Crippen LogP) is 6.98. The first-order valence-electron chi connectivity index (χ1n) is 13.1. The highest BCUT2D eigenvalue weighted by Gasteiger charge is 2.42. The fourth-order valence-electron chi connectivity index (χ4n) is 5.59. The Morgan fingerprint density at radius 1 is 0.921 bits per heavy atom. The minimum Gasteiger partial charge on any atom is -0.490 e. The zero-order valence-electron chi connectivity index (χ0n) is 20.7. The molecule has 0 spiro atoms. The number of aromatic nitrogens is 3. The van der Waals surface area contributed by atoms with E-state index in [0.717, 1.165) is 46.3 Å². The molecule has 38 heavy (non-hydrogen) atoms. The molecule has 2 aliphatic rings. The van der Waals surface area contributed by atoms with Gasteiger partial charge in [-0.2, -0.15) is 0 Å². The maximum atomic E-state index is 6.23. The Labute approximate surface area is 230 Å². The highest BCUT2D eigenvalue weighted by atomic mass is 32.1. The lowest BCUT2D eigenvalue weighted by Crippen LogP contribution is -2.30. The summed E-state index contributed by atoms with van der Waals surface area (Å²) in [5, 5.41) is 5.18. The van der Waals surface area contributed by atoms with Crippen LogP contribution in [0, 0.1) is 0 Å². The van der Waals surface area contributed by atoms with E-state index in [1.165, 1.54) is 17.5 Å². The number of nitrogens with one attached hydrogen (secondary N) is 1. The van der Waals surface area contributed by atoms with Gasteiger partial charge in [-0.25, -0.2) is 4.98 Å². The molecule has 190 valence electrons. The molecule has 6 nitrogen and oxygen atoms in total. The molecule has 2 atom stereocenters. The van der Waals surface area contributed by atoms with Gasteiger partial charge in [0, 0.05) is 18.1 Å².